The van der Waals surface area contributed by atoms with Gasteiger partial charge in [0, 0.05) is 22.3 Å². The van der Waals surface area contributed by atoms with Gasteiger partial charge in [-0.1, -0.05) is 13.3 Å². The highest BCUT2D eigenvalue weighted by Crippen LogP contribution is 2.27. The van der Waals surface area contributed by atoms with Gasteiger partial charge in [0.05, 0.1) is 10.9 Å². The summed E-state index contributed by atoms with van der Waals surface area (Å²) >= 11 is 3.29. The fraction of sp³-hybridized carbons (Fsp3) is 0.250. The molecule has 84 valence electrons. The first-order valence-electron chi connectivity index (χ1n) is 5.06. The van der Waals surface area contributed by atoms with Crippen LogP contribution in [0, 0.1) is 11.6 Å². The molecule has 0 atom stereocenters. The number of fused-ring (bicyclic) bond motifs is 1. The number of nitrogens with zero attached hydrogens (tertiary/aromatic N) is 1. The zero-order chi connectivity index (χ0) is 11.7. The van der Waals surface area contributed by atoms with Crippen molar-refractivity contribution in [3.63, 3.8) is 0 Å². The highest BCUT2D eigenvalue weighted by Gasteiger charge is 2.10. The number of hydrogen-bond donors (Lipinski definition) is 0. The van der Waals surface area contributed by atoms with Crippen molar-refractivity contribution in [2.24, 2.45) is 0 Å². The molecule has 0 unspecified atom stereocenters. The summed E-state index contributed by atoms with van der Waals surface area (Å²) in [7, 11) is 0. The maximum Gasteiger partial charge on any atom is 0.136 e. The highest BCUT2D eigenvalue weighted by atomic mass is 79.9. The van der Waals surface area contributed by atoms with Crippen LogP contribution in [-0.2, 0) is 6.42 Å². The molecule has 0 aliphatic rings. The quantitative estimate of drug-likeness (QED) is 0.805. The zero-order valence-electron chi connectivity index (χ0n) is 8.73. The van der Waals surface area contributed by atoms with Crippen molar-refractivity contribution in [1.82, 2.24) is 4.98 Å². The van der Waals surface area contributed by atoms with Crippen LogP contribution in [0.2, 0.25) is 0 Å². The average molecular weight is 286 g/mol. The number of benzene rings is 1. The maximum absolute atomic E-state index is 13.5. The molecule has 1 nitrogen and oxygen atoms in total. The summed E-state index contributed by atoms with van der Waals surface area (Å²) in [5.41, 5.74) is 1.20. The SMILES string of the molecule is CCCc1cc(Br)c2c(F)cc(F)cc2n1. The fourth-order valence-corrected chi connectivity index (χ4v) is 2.33. The first kappa shape index (κ1) is 11.5. The van der Waals surface area contributed by atoms with E-state index in [-0.39, 0.29) is 0 Å². The molecular weight excluding hydrogens is 276 g/mol. The van der Waals surface area contributed by atoms with Gasteiger partial charge in [-0.3, -0.25) is 4.98 Å². The molecule has 0 spiro atoms. The molecular formula is C12H10BrF2N. The minimum Gasteiger partial charge on any atom is -0.253 e. The summed E-state index contributed by atoms with van der Waals surface area (Å²) in [5.74, 6) is -1.18. The molecule has 0 amide bonds. The minimum atomic E-state index is -0.599. The summed E-state index contributed by atoms with van der Waals surface area (Å²) in [6, 6.07) is 3.91. The predicted octanol–water partition coefficient (Wildman–Crippen LogP) is 4.23. The Morgan fingerprint density at radius 2 is 2.00 bits per heavy atom. The Morgan fingerprint density at radius 1 is 1.25 bits per heavy atom. The molecule has 0 saturated heterocycles. The van der Waals surface area contributed by atoms with Gasteiger partial charge in [0.1, 0.15) is 11.6 Å². The Kier molecular flexibility index (Phi) is 3.19. The first-order valence-corrected chi connectivity index (χ1v) is 5.85. The van der Waals surface area contributed by atoms with Crippen LogP contribution in [0.25, 0.3) is 10.9 Å². The van der Waals surface area contributed by atoms with Crippen LogP contribution in [0.5, 0.6) is 0 Å². The second-order valence-corrected chi connectivity index (χ2v) is 4.48. The van der Waals surface area contributed by atoms with Gasteiger partial charge in [0.15, 0.2) is 0 Å². The molecule has 0 fully saturated rings. The van der Waals surface area contributed by atoms with Gasteiger partial charge in [0.25, 0.3) is 0 Å². The Labute approximate surface area is 101 Å². The summed E-state index contributed by atoms with van der Waals surface area (Å²) < 4.78 is 27.2. The number of aryl methyl sites for hydroxylation is 1. The Hall–Kier alpha value is -1.03. The number of aromatic nitrogens is 1. The standard InChI is InChI=1S/C12H10BrF2N/c1-2-3-8-6-9(13)12-10(15)4-7(14)5-11(12)16-8/h4-6H,2-3H2,1H3. The molecule has 4 heteroatoms. The van der Waals surface area contributed by atoms with Crippen LogP contribution in [-0.4, -0.2) is 4.98 Å². The van der Waals surface area contributed by atoms with E-state index in [1.807, 2.05) is 6.92 Å². The lowest BCUT2D eigenvalue weighted by Crippen LogP contribution is -1.94. The monoisotopic (exact) mass is 285 g/mol. The summed E-state index contributed by atoms with van der Waals surface area (Å²) in [5, 5.41) is 0.334. The van der Waals surface area contributed by atoms with Crippen LogP contribution in [0.4, 0.5) is 8.78 Å². The molecule has 0 N–H and O–H groups in total. The van der Waals surface area contributed by atoms with E-state index >= 15 is 0 Å². The van der Waals surface area contributed by atoms with E-state index in [4.69, 9.17) is 0 Å². The van der Waals surface area contributed by atoms with Crippen molar-refractivity contribution in [1.29, 1.82) is 0 Å². The lowest BCUT2D eigenvalue weighted by molar-refractivity contribution is 0.591. The Balaban J connectivity index is 2.71. The van der Waals surface area contributed by atoms with Crippen LogP contribution in [0.15, 0.2) is 22.7 Å². The van der Waals surface area contributed by atoms with E-state index in [1.54, 1.807) is 6.07 Å². The molecule has 0 aliphatic heterocycles. The van der Waals surface area contributed by atoms with Gasteiger partial charge in [-0.25, -0.2) is 8.78 Å². The first-order chi connectivity index (χ1) is 7.61. The van der Waals surface area contributed by atoms with E-state index in [0.29, 0.717) is 15.4 Å². The third-order valence-corrected chi connectivity index (χ3v) is 2.96. The van der Waals surface area contributed by atoms with E-state index in [2.05, 4.69) is 20.9 Å². The molecule has 1 aromatic heterocycles. The third kappa shape index (κ3) is 2.07. The molecule has 16 heavy (non-hydrogen) atoms. The summed E-state index contributed by atoms with van der Waals surface area (Å²) in [6.07, 6.45) is 1.75. The molecule has 0 aliphatic carbocycles. The molecule has 0 radical (unpaired) electrons. The topological polar surface area (TPSA) is 12.9 Å². The minimum absolute atomic E-state index is 0.334. The van der Waals surface area contributed by atoms with Crippen molar-refractivity contribution in [2.75, 3.05) is 0 Å². The Morgan fingerprint density at radius 3 is 2.69 bits per heavy atom. The van der Waals surface area contributed by atoms with Crippen molar-refractivity contribution >= 4 is 26.8 Å². The van der Waals surface area contributed by atoms with Gasteiger partial charge < -0.3 is 0 Å². The highest BCUT2D eigenvalue weighted by molar-refractivity contribution is 9.10. The van der Waals surface area contributed by atoms with Crippen LogP contribution in [0.1, 0.15) is 19.0 Å². The fourth-order valence-electron chi connectivity index (χ4n) is 1.67. The lowest BCUT2D eigenvalue weighted by Gasteiger charge is -2.05. The van der Waals surface area contributed by atoms with Crippen LogP contribution in [0.3, 0.4) is 0 Å². The van der Waals surface area contributed by atoms with E-state index in [1.165, 1.54) is 6.07 Å². The lowest BCUT2D eigenvalue weighted by atomic mass is 10.1. The van der Waals surface area contributed by atoms with Gasteiger partial charge >= 0.3 is 0 Å². The van der Waals surface area contributed by atoms with Gasteiger partial charge in [0.2, 0.25) is 0 Å². The number of pyridine rings is 1. The molecule has 0 bridgehead atoms. The largest absolute Gasteiger partial charge is 0.253 e. The zero-order valence-corrected chi connectivity index (χ0v) is 10.3. The van der Waals surface area contributed by atoms with E-state index < -0.39 is 11.6 Å². The number of rotatable bonds is 2. The van der Waals surface area contributed by atoms with E-state index in [9.17, 15) is 8.78 Å². The van der Waals surface area contributed by atoms with Gasteiger partial charge in [-0.2, -0.15) is 0 Å². The van der Waals surface area contributed by atoms with Crippen molar-refractivity contribution in [3.8, 4) is 0 Å². The third-order valence-electron chi connectivity index (χ3n) is 2.34. The molecule has 1 aromatic carbocycles. The molecule has 0 saturated carbocycles. The summed E-state index contributed by atoms with van der Waals surface area (Å²) in [6.45, 7) is 2.03. The molecule has 1 heterocycles. The molecule has 2 aromatic rings. The average Bonchev–Trinajstić information content (AvgIpc) is 2.15. The van der Waals surface area contributed by atoms with Gasteiger partial charge in [-0.15, -0.1) is 0 Å². The van der Waals surface area contributed by atoms with Crippen molar-refractivity contribution < 1.29 is 8.78 Å². The summed E-state index contributed by atoms with van der Waals surface area (Å²) in [4.78, 5) is 4.24. The Bertz CT molecular complexity index is 540. The second kappa shape index (κ2) is 4.45. The van der Waals surface area contributed by atoms with Crippen molar-refractivity contribution in [2.45, 2.75) is 19.8 Å². The number of halogens is 3. The maximum atomic E-state index is 13.5. The van der Waals surface area contributed by atoms with E-state index in [0.717, 1.165) is 24.6 Å². The second-order valence-electron chi connectivity index (χ2n) is 3.63. The normalized spacial score (nSPS) is 11.0. The van der Waals surface area contributed by atoms with Gasteiger partial charge in [-0.05, 0) is 28.4 Å². The smallest absolute Gasteiger partial charge is 0.136 e. The van der Waals surface area contributed by atoms with Crippen molar-refractivity contribution in [3.05, 3.63) is 40.0 Å². The van der Waals surface area contributed by atoms with Crippen LogP contribution < -0.4 is 0 Å². The van der Waals surface area contributed by atoms with Crippen LogP contribution >= 0.6 is 15.9 Å². The number of hydrogen-bond acceptors (Lipinski definition) is 1. The molecule has 2 rings (SSSR count). The predicted molar refractivity (Wildman–Crippen MR) is 63.4 cm³/mol.